The summed E-state index contributed by atoms with van der Waals surface area (Å²) in [5.41, 5.74) is 0. The summed E-state index contributed by atoms with van der Waals surface area (Å²) in [4.78, 5) is 1.48. The Morgan fingerprint density at radius 2 is 1.45 bits per heavy atom. The Hall–Kier alpha value is -0.0900. The van der Waals surface area contributed by atoms with Crippen molar-refractivity contribution in [1.29, 1.82) is 0 Å². The third-order valence-electron chi connectivity index (χ3n) is 4.38. The van der Waals surface area contributed by atoms with E-state index in [0.29, 0.717) is 39.6 Å². The third kappa shape index (κ3) is 13.8. The summed E-state index contributed by atoms with van der Waals surface area (Å²) in [6, 6.07) is 0. The molecule has 174 valence electrons. The average molecular weight is 443 g/mol. The van der Waals surface area contributed by atoms with Gasteiger partial charge in [-0.15, -0.1) is 0 Å². The summed E-state index contributed by atoms with van der Waals surface area (Å²) in [5, 5.41) is 0. The van der Waals surface area contributed by atoms with Crippen molar-refractivity contribution in [2.24, 2.45) is 0 Å². The molecule has 2 unspecified atom stereocenters. The highest BCUT2D eigenvalue weighted by atomic mass is 31.2. The molecule has 9 nitrogen and oxygen atoms in total. The number of phosphoric acid groups is 1. The summed E-state index contributed by atoms with van der Waals surface area (Å²) < 4.78 is 49.8. The van der Waals surface area contributed by atoms with Crippen molar-refractivity contribution in [2.45, 2.75) is 39.7 Å². The molecule has 0 spiro atoms. The molecule has 1 fully saturated rings. The maximum atomic E-state index is 12.1. The van der Waals surface area contributed by atoms with Gasteiger partial charge < -0.3 is 23.8 Å². The summed E-state index contributed by atoms with van der Waals surface area (Å²) in [7, 11) is -3.44. The fourth-order valence-corrected chi connectivity index (χ4v) is 4.22. The van der Waals surface area contributed by atoms with Gasteiger partial charge in [0.15, 0.2) is 0 Å². The number of phosphoric ester groups is 1. The summed E-state index contributed by atoms with van der Waals surface area (Å²) >= 11 is 0. The minimum absolute atomic E-state index is 0.182. The number of rotatable bonds is 19. The van der Waals surface area contributed by atoms with E-state index in [-0.39, 0.29) is 25.9 Å². The molecule has 0 aromatic carbocycles. The number of nitrogens with one attached hydrogen (secondary N) is 1. The summed E-state index contributed by atoms with van der Waals surface area (Å²) in [6.07, 6.45) is 2.53. The molecule has 0 aromatic rings. The molecule has 1 heterocycles. The van der Waals surface area contributed by atoms with Crippen LogP contribution >= 0.6 is 7.82 Å². The maximum Gasteiger partial charge on any atom is 0.474 e. The minimum Gasteiger partial charge on any atom is -0.379 e. The molecule has 0 amide bonds. The van der Waals surface area contributed by atoms with Crippen molar-refractivity contribution in [3.05, 3.63) is 0 Å². The molecule has 29 heavy (non-hydrogen) atoms. The maximum absolute atomic E-state index is 12.1. The standard InChI is InChI=1S/C19H40NO8P/c1-4-22-12-13-24-14-16-25-19-8-7-9-20(18-19)10-11-23-15-17-28-29(21,26-5-2)27-6-3/h19H,4-18H2,1-3H3/p+1. The molecule has 1 aliphatic rings. The Labute approximate surface area is 175 Å². The van der Waals surface area contributed by atoms with Gasteiger partial charge in [-0.05, 0) is 33.6 Å². The van der Waals surface area contributed by atoms with Crippen LogP contribution in [0.25, 0.3) is 0 Å². The van der Waals surface area contributed by atoms with Gasteiger partial charge in [-0.25, -0.2) is 4.57 Å². The summed E-state index contributed by atoms with van der Waals surface area (Å²) in [5.74, 6) is 0. The molecule has 1 rings (SSSR count). The van der Waals surface area contributed by atoms with Crippen LogP contribution in [-0.2, 0) is 37.1 Å². The molecule has 0 aromatic heterocycles. The highest BCUT2D eigenvalue weighted by Crippen LogP contribution is 2.48. The molecule has 1 saturated heterocycles. The van der Waals surface area contributed by atoms with E-state index >= 15 is 0 Å². The molecule has 1 N–H and O–H groups in total. The second-order valence-electron chi connectivity index (χ2n) is 6.63. The van der Waals surface area contributed by atoms with Crippen LogP contribution in [0.3, 0.4) is 0 Å². The second kappa shape index (κ2) is 17.6. The van der Waals surface area contributed by atoms with Gasteiger partial charge in [0.2, 0.25) is 0 Å². The zero-order valence-electron chi connectivity index (χ0n) is 18.4. The zero-order valence-corrected chi connectivity index (χ0v) is 19.3. The van der Waals surface area contributed by atoms with Crippen LogP contribution in [0, 0.1) is 0 Å². The molecule has 0 saturated carbocycles. The Bertz CT molecular complexity index is 419. The largest absolute Gasteiger partial charge is 0.474 e. The number of likely N-dealkylation sites (tertiary alicyclic amines) is 1. The molecule has 2 atom stereocenters. The van der Waals surface area contributed by atoms with E-state index < -0.39 is 7.82 Å². The van der Waals surface area contributed by atoms with E-state index in [1.807, 2.05) is 6.92 Å². The zero-order chi connectivity index (χ0) is 21.2. The lowest BCUT2D eigenvalue weighted by atomic mass is 10.1. The number of hydrogen-bond acceptors (Lipinski definition) is 8. The van der Waals surface area contributed by atoms with Crippen molar-refractivity contribution >= 4 is 7.82 Å². The fraction of sp³-hybridized carbons (Fsp3) is 1.00. The lowest BCUT2D eigenvalue weighted by Gasteiger charge is -2.29. The Morgan fingerprint density at radius 1 is 0.793 bits per heavy atom. The van der Waals surface area contributed by atoms with Gasteiger partial charge in [-0.1, -0.05) is 0 Å². The average Bonchev–Trinajstić information content (AvgIpc) is 2.70. The van der Waals surface area contributed by atoms with Crippen LogP contribution in [0.5, 0.6) is 0 Å². The van der Waals surface area contributed by atoms with E-state index in [2.05, 4.69) is 0 Å². The molecular weight excluding hydrogens is 401 g/mol. The van der Waals surface area contributed by atoms with Gasteiger partial charge in [0, 0.05) is 6.61 Å². The summed E-state index contributed by atoms with van der Waals surface area (Å²) in [6.45, 7) is 13.4. The number of quaternary nitrogens is 1. The van der Waals surface area contributed by atoms with Crippen molar-refractivity contribution in [2.75, 3.05) is 85.7 Å². The molecular formula is C19H41NO8P+. The van der Waals surface area contributed by atoms with Crippen LogP contribution in [0.2, 0.25) is 0 Å². The van der Waals surface area contributed by atoms with E-state index in [1.165, 1.54) is 4.90 Å². The lowest BCUT2D eigenvalue weighted by molar-refractivity contribution is -0.908. The van der Waals surface area contributed by atoms with Gasteiger partial charge in [0.05, 0.1) is 66.0 Å². The first-order valence-corrected chi connectivity index (χ1v) is 12.3. The predicted molar refractivity (Wildman–Crippen MR) is 109 cm³/mol. The minimum atomic E-state index is -3.44. The highest BCUT2D eigenvalue weighted by Gasteiger charge is 2.25. The number of ether oxygens (including phenoxy) is 4. The Morgan fingerprint density at radius 3 is 2.17 bits per heavy atom. The Kier molecular flexibility index (Phi) is 16.3. The third-order valence-corrected chi connectivity index (χ3v) is 6.03. The number of piperidine rings is 1. The SMILES string of the molecule is CCOCCOCCOC1CCC[NH+](CCOCCOP(=O)(OCC)OCC)C1. The van der Waals surface area contributed by atoms with E-state index in [1.54, 1.807) is 13.8 Å². The topological polar surface area (TPSA) is 86.1 Å². The van der Waals surface area contributed by atoms with Gasteiger partial charge in [-0.2, -0.15) is 0 Å². The Balaban J connectivity index is 2.05. The van der Waals surface area contributed by atoms with Crippen molar-refractivity contribution < 1.29 is 42.0 Å². The van der Waals surface area contributed by atoms with Gasteiger partial charge in [-0.3, -0.25) is 13.6 Å². The van der Waals surface area contributed by atoms with Gasteiger partial charge >= 0.3 is 7.82 Å². The van der Waals surface area contributed by atoms with E-state index in [9.17, 15) is 4.57 Å². The molecule has 1 aliphatic heterocycles. The molecule has 0 bridgehead atoms. The molecule has 10 heteroatoms. The number of hydrogen-bond donors (Lipinski definition) is 1. The predicted octanol–water partition coefficient (Wildman–Crippen LogP) is 1.32. The monoisotopic (exact) mass is 442 g/mol. The first-order chi connectivity index (χ1) is 14.1. The second-order valence-corrected chi connectivity index (χ2v) is 8.30. The van der Waals surface area contributed by atoms with Crippen molar-refractivity contribution in [1.82, 2.24) is 0 Å². The first kappa shape index (κ1) is 26.9. The van der Waals surface area contributed by atoms with Crippen LogP contribution < -0.4 is 4.90 Å². The van der Waals surface area contributed by atoms with E-state index in [4.69, 9.17) is 32.5 Å². The van der Waals surface area contributed by atoms with Crippen LogP contribution in [0.1, 0.15) is 33.6 Å². The fourth-order valence-electron chi connectivity index (χ4n) is 3.07. The van der Waals surface area contributed by atoms with E-state index in [0.717, 1.165) is 39.1 Å². The van der Waals surface area contributed by atoms with Crippen molar-refractivity contribution in [3.8, 4) is 0 Å². The normalized spacial score (nSPS) is 20.2. The molecule has 0 radical (unpaired) electrons. The van der Waals surface area contributed by atoms with Crippen molar-refractivity contribution in [3.63, 3.8) is 0 Å². The lowest BCUT2D eigenvalue weighted by Crippen LogP contribution is -3.14. The smallest absolute Gasteiger partial charge is 0.379 e. The molecule has 0 aliphatic carbocycles. The van der Waals surface area contributed by atoms with Gasteiger partial charge in [0.1, 0.15) is 19.2 Å². The first-order valence-electron chi connectivity index (χ1n) is 10.9. The quantitative estimate of drug-likeness (QED) is 0.237. The van der Waals surface area contributed by atoms with Crippen LogP contribution in [0.4, 0.5) is 0 Å². The van der Waals surface area contributed by atoms with Crippen LogP contribution in [0.15, 0.2) is 0 Å². The van der Waals surface area contributed by atoms with Crippen LogP contribution in [-0.4, -0.2) is 91.8 Å². The highest BCUT2D eigenvalue weighted by molar-refractivity contribution is 7.48. The van der Waals surface area contributed by atoms with Gasteiger partial charge in [0.25, 0.3) is 0 Å².